The molecule has 0 unspecified atom stereocenters. The zero-order valence-corrected chi connectivity index (χ0v) is 16.0. The van der Waals surface area contributed by atoms with Crippen molar-refractivity contribution in [1.82, 2.24) is 5.32 Å². The van der Waals surface area contributed by atoms with Crippen LogP contribution in [-0.4, -0.2) is 76.5 Å². The molecule has 1 aromatic carbocycles. The topological polar surface area (TPSA) is 147 Å². The van der Waals surface area contributed by atoms with Crippen molar-refractivity contribution in [2.45, 2.75) is 56.0 Å². The number of aliphatic hydroxyl groups excluding tert-OH is 4. The van der Waals surface area contributed by atoms with Crippen LogP contribution >= 0.6 is 0 Å². The van der Waals surface area contributed by atoms with Gasteiger partial charge in [-0.05, 0) is 23.6 Å². The normalized spacial score (nSPS) is 34.5. The van der Waals surface area contributed by atoms with E-state index in [4.69, 9.17) is 18.9 Å². The summed E-state index contributed by atoms with van der Waals surface area (Å²) >= 11 is 0. The smallest absolute Gasteiger partial charge is 0.256 e. The summed E-state index contributed by atoms with van der Waals surface area (Å²) in [4.78, 5) is 13.0. The Morgan fingerprint density at radius 1 is 1.20 bits per heavy atom. The van der Waals surface area contributed by atoms with E-state index in [0.29, 0.717) is 16.9 Å². The number of aliphatic hydroxyl groups is 4. The average molecular weight is 421 g/mol. The fraction of sp³-hybridized carbons (Fsp3) is 0.550. The highest BCUT2D eigenvalue weighted by Crippen LogP contribution is 2.50. The van der Waals surface area contributed by atoms with Crippen LogP contribution < -0.4 is 19.5 Å². The number of hydrogen-bond acceptors (Lipinski definition) is 9. The molecular weight excluding hydrogens is 398 g/mol. The third kappa shape index (κ3) is 3.12. The predicted octanol–water partition coefficient (Wildman–Crippen LogP) is -0.727. The lowest BCUT2D eigenvalue weighted by Gasteiger charge is -2.38. The van der Waals surface area contributed by atoms with Gasteiger partial charge in [-0.25, -0.2) is 0 Å². The van der Waals surface area contributed by atoms with Crippen molar-refractivity contribution in [3.05, 3.63) is 23.3 Å². The Balaban J connectivity index is 1.58. The van der Waals surface area contributed by atoms with E-state index in [1.807, 2.05) is 0 Å². The molecule has 0 radical (unpaired) electrons. The lowest BCUT2D eigenvalue weighted by atomic mass is 9.80. The van der Waals surface area contributed by atoms with E-state index in [1.54, 1.807) is 12.1 Å². The van der Waals surface area contributed by atoms with E-state index in [2.05, 4.69) is 5.32 Å². The van der Waals surface area contributed by atoms with Crippen LogP contribution in [0, 0.1) is 0 Å². The number of hydrogen-bond donors (Lipinski definition) is 5. The number of nitrogens with one attached hydrogen (secondary N) is 1. The molecule has 3 aliphatic heterocycles. The van der Waals surface area contributed by atoms with Crippen LogP contribution in [0.1, 0.15) is 35.2 Å². The number of ether oxygens (including phenoxy) is 4. The number of fused-ring (bicyclic) bond motifs is 4. The highest BCUT2D eigenvalue weighted by Gasteiger charge is 2.43. The minimum atomic E-state index is -1.14. The molecule has 0 spiro atoms. The standard InChI is InChI=1S/C20H23NO9/c22-6-9-3-8(23)4-14(29-9)30-19-15-11(5-13-18(19)28-7-27-13)10-1-2-12(24)17(25)16(10)21-20(15)26/h1,5,8-9,12,14,16-17,22-25H,2-4,6-7H2,(H,21,26)/t8-,9-,12+,14-,16+,17+/m0/s1. The molecule has 1 aliphatic carbocycles. The van der Waals surface area contributed by atoms with Crippen LogP contribution in [-0.2, 0) is 4.74 Å². The highest BCUT2D eigenvalue weighted by atomic mass is 16.7. The summed E-state index contributed by atoms with van der Waals surface area (Å²) in [6.45, 7) is -0.315. The van der Waals surface area contributed by atoms with E-state index in [0.717, 1.165) is 0 Å². The largest absolute Gasteiger partial charge is 0.460 e. The lowest BCUT2D eigenvalue weighted by molar-refractivity contribution is -0.185. The van der Waals surface area contributed by atoms with Crippen molar-refractivity contribution >= 4 is 11.5 Å². The first kappa shape index (κ1) is 19.6. The zero-order valence-electron chi connectivity index (χ0n) is 16.0. The van der Waals surface area contributed by atoms with Gasteiger partial charge < -0.3 is 44.7 Å². The molecule has 5 N–H and O–H groups in total. The second kappa shape index (κ2) is 7.40. The van der Waals surface area contributed by atoms with Gasteiger partial charge in [-0.1, -0.05) is 6.08 Å². The zero-order chi connectivity index (χ0) is 21.0. The molecule has 3 heterocycles. The molecule has 10 heteroatoms. The van der Waals surface area contributed by atoms with Gasteiger partial charge >= 0.3 is 0 Å². The molecular formula is C20H23NO9. The Kier molecular flexibility index (Phi) is 4.83. The first-order valence-corrected chi connectivity index (χ1v) is 9.91. The fourth-order valence-electron chi connectivity index (χ4n) is 4.42. The van der Waals surface area contributed by atoms with Gasteiger partial charge in [0.25, 0.3) is 5.91 Å². The summed E-state index contributed by atoms with van der Waals surface area (Å²) in [7, 11) is 0. The number of rotatable bonds is 3. The number of carbonyl (C=O) groups excluding carboxylic acids is 1. The Hall–Kier alpha value is -2.37. The predicted molar refractivity (Wildman–Crippen MR) is 100 cm³/mol. The van der Waals surface area contributed by atoms with Crippen molar-refractivity contribution in [3.63, 3.8) is 0 Å². The number of amides is 1. The minimum absolute atomic E-state index is 0.0482. The molecule has 30 heavy (non-hydrogen) atoms. The SMILES string of the molecule is O=C1N[C@@H]2C(=CC[C@@H](O)[C@H]2O)c2cc3c(c(O[C@H]4C[C@@H](O)C[C@@H](CO)O4)c21)OCO3. The maximum atomic E-state index is 13.0. The average Bonchev–Trinajstić information content (AvgIpc) is 3.19. The Labute approximate surface area is 171 Å². The van der Waals surface area contributed by atoms with Crippen LogP contribution in [0.3, 0.4) is 0 Å². The summed E-state index contributed by atoms with van der Waals surface area (Å²) in [5, 5.41) is 42.6. The first-order valence-electron chi connectivity index (χ1n) is 9.91. The summed E-state index contributed by atoms with van der Waals surface area (Å²) in [5.41, 5.74) is 1.38. The second-order valence-corrected chi connectivity index (χ2v) is 7.88. The molecule has 0 aromatic heterocycles. The molecule has 162 valence electrons. The maximum Gasteiger partial charge on any atom is 0.256 e. The lowest BCUT2D eigenvalue weighted by Crippen LogP contribution is -2.53. The van der Waals surface area contributed by atoms with Gasteiger partial charge in [0, 0.05) is 12.8 Å². The summed E-state index contributed by atoms with van der Waals surface area (Å²) < 4.78 is 22.7. The Bertz CT molecular complexity index is 901. The van der Waals surface area contributed by atoms with Crippen LogP contribution in [0.25, 0.3) is 5.57 Å². The first-order chi connectivity index (χ1) is 14.5. The van der Waals surface area contributed by atoms with Crippen LogP contribution in [0.2, 0.25) is 0 Å². The molecule has 1 fully saturated rings. The van der Waals surface area contributed by atoms with Gasteiger partial charge in [-0.2, -0.15) is 0 Å². The van der Waals surface area contributed by atoms with E-state index < -0.39 is 42.7 Å². The monoisotopic (exact) mass is 421 g/mol. The van der Waals surface area contributed by atoms with E-state index >= 15 is 0 Å². The highest BCUT2D eigenvalue weighted by molar-refractivity contribution is 6.07. The molecule has 1 saturated heterocycles. The number of benzene rings is 1. The van der Waals surface area contributed by atoms with Crippen LogP contribution in [0.15, 0.2) is 12.1 Å². The second-order valence-electron chi connectivity index (χ2n) is 7.88. The van der Waals surface area contributed by atoms with Crippen molar-refractivity contribution in [2.75, 3.05) is 13.4 Å². The van der Waals surface area contributed by atoms with Gasteiger partial charge in [-0.15, -0.1) is 0 Å². The van der Waals surface area contributed by atoms with E-state index in [9.17, 15) is 25.2 Å². The van der Waals surface area contributed by atoms with Crippen molar-refractivity contribution in [3.8, 4) is 17.2 Å². The van der Waals surface area contributed by atoms with Gasteiger partial charge in [0.2, 0.25) is 18.8 Å². The molecule has 0 bridgehead atoms. The van der Waals surface area contributed by atoms with Gasteiger partial charge in [0.1, 0.15) is 6.10 Å². The molecule has 4 aliphatic rings. The summed E-state index contributed by atoms with van der Waals surface area (Å²) in [6, 6.07) is 0.910. The molecule has 5 rings (SSSR count). The quantitative estimate of drug-likeness (QED) is 0.426. The van der Waals surface area contributed by atoms with Crippen LogP contribution in [0.4, 0.5) is 0 Å². The fourth-order valence-corrected chi connectivity index (χ4v) is 4.42. The summed E-state index contributed by atoms with van der Waals surface area (Å²) in [5.74, 6) is 0.259. The van der Waals surface area contributed by atoms with E-state index in [1.165, 1.54) is 0 Å². The van der Waals surface area contributed by atoms with E-state index in [-0.39, 0.29) is 49.7 Å². The third-order valence-electron chi connectivity index (χ3n) is 5.89. The van der Waals surface area contributed by atoms with Crippen molar-refractivity contribution in [1.29, 1.82) is 0 Å². The van der Waals surface area contributed by atoms with Gasteiger partial charge in [0.05, 0.1) is 36.5 Å². The Morgan fingerprint density at radius 2 is 2.03 bits per heavy atom. The molecule has 1 aromatic rings. The summed E-state index contributed by atoms with van der Waals surface area (Å²) in [6.07, 6.45) is -1.86. The van der Waals surface area contributed by atoms with Gasteiger partial charge in [0.15, 0.2) is 11.5 Å². The van der Waals surface area contributed by atoms with Crippen molar-refractivity contribution in [2.24, 2.45) is 0 Å². The molecule has 1 amide bonds. The maximum absolute atomic E-state index is 13.0. The van der Waals surface area contributed by atoms with Crippen LogP contribution in [0.5, 0.6) is 17.2 Å². The Morgan fingerprint density at radius 3 is 2.83 bits per heavy atom. The molecule has 6 atom stereocenters. The number of carbonyl (C=O) groups is 1. The minimum Gasteiger partial charge on any atom is -0.460 e. The molecule has 0 saturated carbocycles. The third-order valence-corrected chi connectivity index (χ3v) is 5.89. The molecule has 10 nitrogen and oxygen atoms in total. The van der Waals surface area contributed by atoms with Crippen molar-refractivity contribution < 1.29 is 44.2 Å². The van der Waals surface area contributed by atoms with Gasteiger partial charge in [-0.3, -0.25) is 4.79 Å².